The molecule has 0 spiro atoms. The molecule has 0 radical (unpaired) electrons. The molecule has 0 atom stereocenters. The van der Waals surface area contributed by atoms with Crippen molar-refractivity contribution >= 4 is 27.3 Å². The van der Waals surface area contributed by atoms with Gasteiger partial charge in [0.05, 0.1) is 11.9 Å². The van der Waals surface area contributed by atoms with Gasteiger partial charge in [-0.25, -0.2) is 12.8 Å². The second-order valence-electron chi connectivity index (χ2n) is 6.78. The molecule has 0 aromatic heterocycles. The van der Waals surface area contributed by atoms with Crippen LogP contribution in [0.1, 0.15) is 30.4 Å². The Labute approximate surface area is 159 Å². The Bertz CT molecular complexity index is 944. The summed E-state index contributed by atoms with van der Waals surface area (Å²) in [6.07, 6.45) is 4.08. The minimum absolute atomic E-state index is 0.173. The summed E-state index contributed by atoms with van der Waals surface area (Å²) in [5, 5.41) is 2.81. The highest BCUT2D eigenvalue weighted by Crippen LogP contribution is 2.31. The zero-order chi connectivity index (χ0) is 19.4. The number of nitrogens with zero attached hydrogens (tertiary/aromatic N) is 1. The van der Waals surface area contributed by atoms with Crippen molar-refractivity contribution in [2.24, 2.45) is 0 Å². The number of carbonyl (C=O) groups is 1. The maximum absolute atomic E-state index is 13.6. The van der Waals surface area contributed by atoms with E-state index in [1.165, 1.54) is 16.6 Å². The number of aryl methyl sites for hydroxylation is 2. The van der Waals surface area contributed by atoms with Gasteiger partial charge in [-0.1, -0.05) is 24.3 Å². The third-order valence-corrected chi connectivity index (χ3v) is 5.83. The van der Waals surface area contributed by atoms with Crippen LogP contribution in [0.2, 0.25) is 0 Å². The Morgan fingerprint density at radius 3 is 2.74 bits per heavy atom. The first-order chi connectivity index (χ1) is 12.8. The monoisotopic (exact) mass is 390 g/mol. The maximum Gasteiger partial charge on any atom is 0.232 e. The largest absolute Gasteiger partial charge is 0.326 e. The lowest BCUT2D eigenvalue weighted by atomic mass is 10.0. The van der Waals surface area contributed by atoms with E-state index in [0.717, 1.165) is 18.4 Å². The van der Waals surface area contributed by atoms with Crippen LogP contribution >= 0.6 is 0 Å². The number of amides is 1. The van der Waals surface area contributed by atoms with Gasteiger partial charge in [-0.2, -0.15) is 0 Å². The van der Waals surface area contributed by atoms with E-state index in [1.54, 1.807) is 30.3 Å². The van der Waals surface area contributed by atoms with E-state index in [0.29, 0.717) is 36.3 Å². The number of carbonyl (C=O) groups excluding carboxylic acids is 1. The third kappa shape index (κ3) is 4.86. The second kappa shape index (κ2) is 8.08. The fourth-order valence-electron chi connectivity index (χ4n) is 3.33. The Hall–Kier alpha value is -2.41. The molecular weight excluding hydrogens is 367 g/mol. The first-order valence-corrected chi connectivity index (χ1v) is 10.8. The van der Waals surface area contributed by atoms with Gasteiger partial charge in [-0.15, -0.1) is 0 Å². The van der Waals surface area contributed by atoms with Crippen LogP contribution in [0.5, 0.6) is 0 Å². The number of hydrogen-bond acceptors (Lipinski definition) is 3. The molecule has 7 heteroatoms. The molecule has 0 aliphatic carbocycles. The maximum atomic E-state index is 13.6. The summed E-state index contributed by atoms with van der Waals surface area (Å²) in [5.74, 6) is -0.429. The Kier molecular flexibility index (Phi) is 5.79. The molecular formula is C20H23FN2O3S. The summed E-state index contributed by atoms with van der Waals surface area (Å²) in [4.78, 5) is 12.2. The molecule has 0 fully saturated rings. The Morgan fingerprint density at radius 1 is 1.22 bits per heavy atom. The molecule has 144 valence electrons. The lowest BCUT2D eigenvalue weighted by molar-refractivity contribution is -0.116. The summed E-state index contributed by atoms with van der Waals surface area (Å²) in [6.45, 7) is 0.450. The van der Waals surface area contributed by atoms with E-state index in [2.05, 4.69) is 5.32 Å². The zero-order valence-corrected chi connectivity index (χ0v) is 16.1. The number of sulfonamides is 1. The van der Waals surface area contributed by atoms with Gasteiger partial charge < -0.3 is 5.32 Å². The Morgan fingerprint density at radius 2 is 2.00 bits per heavy atom. The number of rotatable bonds is 6. The summed E-state index contributed by atoms with van der Waals surface area (Å²) < 4.78 is 39.0. The van der Waals surface area contributed by atoms with Gasteiger partial charge in [0.2, 0.25) is 15.9 Å². The van der Waals surface area contributed by atoms with Gasteiger partial charge in [0, 0.05) is 18.7 Å². The third-order valence-electron chi connectivity index (χ3n) is 4.65. The van der Waals surface area contributed by atoms with Crippen molar-refractivity contribution < 1.29 is 17.6 Å². The van der Waals surface area contributed by atoms with E-state index < -0.39 is 10.0 Å². The van der Waals surface area contributed by atoms with E-state index in [4.69, 9.17) is 0 Å². The lowest BCUT2D eigenvalue weighted by Crippen LogP contribution is -2.34. The molecule has 0 saturated heterocycles. The summed E-state index contributed by atoms with van der Waals surface area (Å²) in [6, 6.07) is 11.9. The van der Waals surface area contributed by atoms with Crippen molar-refractivity contribution in [2.45, 2.75) is 32.1 Å². The number of anilines is 2. The van der Waals surface area contributed by atoms with Crippen LogP contribution in [0.4, 0.5) is 15.8 Å². The Balaban J connectivity index is 1.62. The molecule has 27 heavy (non-hydrogen) atoms. The molecule has 1 aliphatic rings. The van der Waals surface area contributed by atoms with Crippen molar-refractivity contribution in [1.29, 1.82) is 0 Å². The normalized spacial score (nSPS) is 13.9. The topological polar surface area (TPSA) is 66.5 Å². The van der Waals surface area contributed by atoms with Crippen LogP contribution < -0.4 is 9.62 Å². The van der Waals surface area contributed by atoms with E-state index >= 15 is 0 Å². The van der Waals surface area contributed by atoms with Crippen molar-refractivity contribution in [1.82, 2.24) is 0 Å². The molecule has 1 aliphatic heterocycles. The molecule has 3 rings (SSSR count). The highest BCUT2D eigenvalue weighted by molar-refractivity contribution is 7.92. The van der Waals surface area contributed by atoms with Crippen LogP contribution in [0, 0.1) is 5.82 Å². The van der Waals surface area contributed by atoms with E-state index in [9.17, 15) is 17.6 Å². The first kappa shape index (κ1) is 19.4. The van der Waals surface area contributed by atoms with Crippen LogP contribution in [0.25, 0.3) is 0 Å². The molecule has 5 nitrogen and oxygen atoms in total. The predicted octanol–water partition coefficient (Wildman–Crippen LogP) is 3.50. The minimum atomic E-state index is -3.35. The lowest BCUT2D eigenvalue weighted by Gasteiger charge is -2.29. The number of benzene rings is 2. The van der Waals surface area contributed by atoms with Gasteiger partial charge in [0.15, 0.2) is 0 Å². The van der Waals surface area contributed by atoms with Gasteiger partial charge in [-0.3, -0.25) is 9.10 Å². The van der Waals surface area contributed by atoms with Crippen LogP contribution in [0.15, 0.2) is 42.5 Å². The van der Waals surface area contributed by atoms with Crippen molar-refractivity contribution in [3.05, 3.63) is 59.4 Å². The second-order valence-corrected chi connectivity index (χ2v) is 8.68. The van der Waals surface area contributed by atoms with Crippen molar-refractivity contribution in [2.75, 3.05) is 22.4 Å². The minimum Gasteiger partial charge on any atom is -0.326 e. The number of nitrogens with one attached hydrogen (secondary N) is 1. The van der Waals surface area contributed by atoms with Gasteiger partial charge in [0.25, 0.3) is 0 Å². The van der Waals surface area contributed by atoms with Gasteiger partial charge >= 0.3 is 0 Å². The van der Waals surface area contributed by atoms with Crippen molar-refractivity contribution in [3.63, 3.8) is 0 Å². The van der Waals surface area contributed by atoms with Crippen LogP contribution in [-0.4, -0.2) is 27.1 Å². The van der Waals surface area contributed by atoms with Gasteiger partial charge in [-0.05, 0) is 55.0 Å². The average molecular weight is 390 g/mol. The number of halogens is 1. The molecule has 0 bridgehead atoms. The zero-order valence-electron chi connectivity index (χ0n) is 15.2. The van der Waals surface area contributed by atoms with Crippen LogP contribution in [0.3, 0.4) is 0 Å². The summed E-state index contributed by atoms with van der Waals surface area (Å²) in [7, 11) is -3.35. The average Bonchev–Trinajstić information content (AvgIpc) is 2.62. The fraction of sp³-hybridized carbons (Fsp3) is 0.350. The van der Waals surface area contributed by atoms with Crippen molar-refractivity contribution in [3.8, 4) is 0 Å². The molecule has 1 amide bonds. The molecule has 1 N–H and O–H groups in total. The standard InChI is InChI=1S/C20H23FN2O3S/c1-27(25,26)23-13-5-8-16-11-12-17(14-19(16)23)22-20(24)10-4-7-15-6-2-3-9-18(15)21/h2-3,6,9,11-12,14H,4-5,7-8,10,13H2,1H3,(H,22,24). The first-order valence-electron chi connectivity index (χ1n) is 8.98. The highest BCUT2D eigenvalue weighted by Gasteiger charge is 2.24. The van der Waals surface area contributed by atoms with E-state index in [-0.39, 0.29) is 18.1 Å². The highest BCUT2D eigenvalue weighted by atomic mass is 32.2. The summed E-state index contributed by atoms with van der Waals surface area (Å²) in [5.41, 5.74) is 2.76. The van der Waals surface area contributed by atoms with Gasteiger partial charge in [0.1, 0.15) is 5.82 Å². The number of hydrogen-bond donors (Lipinski definition) is 1. The number of fused-ring (bicyclic) bond motifs is 1. The SMILES string of the molecule is CS(=O)(=O)N1CCCc2ccc(NC(=O)CCCc3ccccc3F)cc21. The quantitative estimate of drug-likeness (QED) is 0.821. The fourth-order valence-corrected chi connectivity index (χ4v) is 4.32. The molecule has 2 aromatic carbocycles. The molecule has 0 unspecified atom stereocenters. The summed E-state index contributed by atoms with van der Waals surface area (Å²) >= 11 is 0. The van der Waals surface area contributed by atoms with E-state index in [1.807, 2.05) is 6.07 Å². The van der Waals surface area contributed by atoms with Crippen LogP contribution in [-0.2, 0) is 27.7 Å². The molecule has 0 saturated carbocycles. The molecule has 1 heterocycles. The predicted molar refractivity (Wildman–Crippen MR) is 105 cm³/mol. The molecule has 2 aromatic rings. The smallest absolute Gasteiger partial charge is 0.232 e.